The SMILES string of the molecule is O=c1[nH]c2c(C(F)(F)F)cccc2c(=O)n1-c1ccccn1. The van der Waals surface area contributed by atoms with Gasteiger partial charge >= 0.3 is 11.9 Å². The van der Waals surface area contributed by atoms with Crippen molar-refractivity contribution >= 4 is 10.9 Å². The Hall–Kier alpha value is -2.90. The lowest BCUT2D eigenvalue weighted by atomic mass is 10.1. The number of nitrogens with zero attached hydrogens (tertiary/aromatic N) is 2. The van der Waals surface area contributed by atoms with E-state index in [0.717, 1.165) is 12.1 Å². The molecule has 5 nitrogen and oxygen atoms in total. The first-order valence-electron chi connectivity index (χ1n) is 6.16. The molecule has 0 aliphatic rings. The summed E-state index contributed by atoms with van der Waals surface area (Å²) in [6.07, 6.45) is -3.30. The maximum absolute atomic E-state index is 13.0. The van der Waals surface area contributed by atoms with Gasteiger partial charge in [0, 0.05) is 6.20 Å². The summed E-state index contributed by atoms with van der Waals surface area (Å²) in [6, 6.07) is 7.71. The highest BCUT2D eigenvalue weighted by atomic mass is 19.4. The number of fused-ring (bicyclic) bond motifs is 1. The third kappa shape index (κ3) is 2.18. The number of pyridine rings is 1. The number of hydrogen-bond donors (Lipinski definition) is 1. The van der Waals surface area contributed by atoms with Crippen LogP contribution in [0.25, 0.3) is 16.7 Å². The number of alkyl halides is 3. The van der Waals surface area contributed by atoms with Gasteiger partial charge in [-0.05, 0) is 24.3 Å². The lowest BCUT2D eigenvalue weighted by Gasteiger charge is -2.11. The number of aromatic nitrogens is 3. The van der Waals surface area contributed by atoms with E-state index in [2.05, 4.69) is 9.97 Å². The van der Waals surface area contributed by atoms with Gasteiger partial charge in [0.15, 0.2) is 0 Å². The van der Waals surface area contributed by atoms with Gasteiger partial charge in [-0.3, -0.25) is 4.79 Å². The Morgan fingerprint density at radius 1 is 1.05 bits per heavy atom. The predicted molar refractivity (Wildman–Crippen MR) is 73.0 cm³/mol. The molecule has 112 valence electrons. The summed E-state index contributed by atoms with van der Waals surface area (Å²) in [5.41, 5.74) is -3.43. The number of halogens is 3. The number of hydrogen-bond acceptors (Lipinski definition) is 3. The highest BCUT2D eigenvalue weighted by Gasteiger charge is 2.33. The number of H-pyrrole nitrogens is 1. The zero-order chi connectivity index (χ0) is 15.9. The van der Waals surface area contributed by atoms with Crippen LogP contribution in [0.2, 0.25) is 0 Å². The van der Waals surface area contributed by atoms with Gasteiger partial charge in [-0.2, -0.15) is 13.2 Å². The molecule has 2 aromatic heterocycles. The van der Waals surface area contributed by atoms with Crippen molar-refractivity contribution in [3.63, 3.8) is 0 Å². The van der Waals surface area contributed by atoms with Gasteiger partial charge in [0.1, 0.15) is 5.82 Å². The Kier molecular flexibility index (Phi) is 3.09. The Bertz CT molecular complexity index is 959. The first-order valence-corrected chi connectivity index (χ1v) is 6.16. The van der Waals surface area contributed by atoms with Crippen molar-refractivity contribution in [2.45, 2.75) is 6.18 Å². The second-order valence-corrected chi connectivity index (χ2v) is 4.48. The predicted octanol–water partition coefficient (Wildman–Crippen LogP) is 2.09. The highest BCUT2D eigenvalue weighted by molar-refractivity contribution is 5.81. The summed E-state index contributed by atoms with van der Waals surface area (Å²) in [5, 5.41) is -0.236. The minimum Gasteiger partial charge on any atom is -0.306 e. The largest absolute Gasteiger partial charge is 0.418 e. The van der Waals surface area contributed by atoms with E-state index in [9.17, 15) is 22.8 Å². The maximum atomic E-state index is 13.0. The van der Waals surface area contributed by atoms with Crippen LogP contribution in [0.4, 0.5) is 13.2 Å². The Morgan fingerprint density at radius 3 is 2.45 bits per heavy atom. The van der Waals surface area contributed by atoms with Crippen LogP contribution in [0.15, 0.2) is 52.2 Å². The molecule has 1 N–H and O–H groups in total. The van der Waals surface area contributed by atoms with Gasteiger partial charge in [-0.25, -0.2) is 14.3 Å². The lowest BCUT2D eigenvalue weighted by Crippen LogP contribution is -2.34. The number of para-hydroxylation sites is 1. The number of rotatable bonds is 1. The Labute approximate surface area is 120 Å². The number of benzene rings is 1. The number of nitrogens with one attached hydrogen (secondary N) is 1. The van der Waals surface area contributed by atoms with Gasteiger partial charge < -0.3 is 4.98 Å². The highest BCUT2D eigenvalue weighted by Crippen LogP contribution is 2.32. The normalized spacial score (nSPS) is 11.8. The van der Waals surface area contributed by atoms with Crippen LogP contribution in [0.3, 0.4) is 0 Å². The molecule has 0 saturated heterocycles. The van der Waals surface area contributed by atoms with Crippen LogP contribution >= 0.6 is 0 Å². The van der Waals surface area contributed by atoms with Crippen LogP contribution in [-0.4, -0.2) is 14.5 Å². The third-order valence-electron chi connectivity index (χ3n) is 3.12. The smallest absolute Gasteiger partial charge is 0.306 e. The molecule has 0 amide bonds. The fraction of sp³-hybridized carbons (Fsp3) is 0.0714. The zero-order valence-corrected chi connectivity index (χ0v) is 10.9. The topological polar surface area (TPSA) is 67.8 Å². The molecule has 0 unspecified atom stereocenters. The van der Waals surface area contributed by atoms with E-state index in [1.165, 1.54) is 18.3 Å². The van der Waals surface area contributed by atoms with Gasteiger partial charge in [0.25, 0.3) is 5.56 Å². The van der Waals surface area contributed by atoms with Gasteiger partial charge in [0.05, 0.1) is 16.5 Å². The van der Waals surface area contributed by atoms with Gasteiger partial charge in [0.2, 0.25) is 0 Å². The fourth-order valence-corrected chi connectivity index (χ4v) is 2.17. The van der Waals surface area contributed by atoms with Crippen LogP contribution in [0, 0.1) is 0 Å². The first-order chi connectivity index (χ1) is 10.4. The summed E-state index contributed by atoms with van der Waals surface area (Å²) in [5.74, 6) is 0.0352. The molecule has 0 radical (unpaired) electrons. The summed E-state index contributed by atoms with van der Waals surface area (Å²) >= 11 is 0. The number of aromatic amines is 1. The molecule has 2 heterocycles. The van der Waals surface area contributed by atoms with E-state index >= 15 is 0 Å². The van der Waals surface area contributed by atoms with Crippen molar-refractivity contribution in [3.05, 3.63) is 69.0 Å². The second-order valence-electron chi connectivity index (χ2n) is 4.48. The third-order valence-corrected chi connectivity index (χ3v) is 3.12. The molecule has 3 aromatic rings. The van der Waals surface area contributed by atoms with Crippen molar-refractivity contribution in [1.29, 1.82) is 0 Å². The lowest BCUT2D eigenvalue weighted by molar-refractivity contribution is -0.136. The van der Waals surface area contributed by atoms with Gasteiger partial charge in [-0.1, -0.05) is 12.1 Å². The van der Waals surface area contributed by atoms with E-state index in [4.69, 9.17) is 0 Å². The summed E-state index contributed by atoms with van der Waals surface area (Å²) in [4.78, 5) is 30.4. The van der Waals surface area contributed by atoms with E-state index in [-0.39, 0.29) is 11.2 Å². The molecule has 22 heavy (non-hydrogen) atoms. The van der Waals surface area contributed by atoms with E-state index in [1.54, 1.807) is 12.1 Å². The van der Waals surface area contributed by atoms with Crippen molar-refractivity contribution in [2.75, 3.05) is 0 Å². The Morgan fingerprint density at radius 2 is 1.82 bits per heavy atom. The molecule has 3 rings (SSSR count). The molecule has 0 aliphatic carbocycles. The molecule has 0 bridgehead atoms. The standard InChI is InChI=1S/C14H8F3N3O2/c15-14(16,17)9-5-3-4-8-11(9)19-13(22)20(12(8)21)10-6-1-2-7-18-10/h1-7H,(H,19,22). The summed E-state index contributed by atoms with van der Waals surface area (Å²) in [6.45, 7) is 0. The summed E-state index contributed by atoms with van der Waals surface area (Å²) < 4.78 is 39.6. The van der Waals surface area contributed by atoms with E-state index < -0.39 is 28.5 Å². The molecule has 8 heteroatoms. The van der Waals surface area contributed by atoms with Crippen LogP contribution in [0.1, 0.15) is 5.56 Å². The minimum atomic E-state index is -4.67. The average Bonchev–Trinajstić information content (AvgIpc) is 2.47. The fourth-order valence-electron chi connectivity index (χ4n) is 2.17. The molecule has 0 fully saturated rings. The molecule has 0 saturated carbocycles. The van der Waals surface area contributed by atoms with Crippen molar-refractivity contribution in [1.82, 2.24) is 14.5 Å². The first kappa shape index (κ1) is 14.1. The van der Waals surface area contributed by atoms with Gasteiger partial charge in [-0.15, -0.1) is 0 Å². The second kappa shape index (κ2) is 4.83. The zero-order valence-electron chi connectivity index (χ0n) is 10.9. The monoisotopic (exact) mass is 307 g/mol. The molecule has 0 aliphatic heterocycles. The quantitative estimate of drug-likeness (QED) is 0.748. The van der Waals surface area contributed by atoms with Crippen LogP contribution < -0.4 is 11.2 Å². The van der Waals surface area contributed by atoms with Crippen molar-refractivity contribution in [3.8, 4) is 5.82 Å². The molecular formula is C14H8F3N3O2. The van der Waals surface area contributed by atoms with Crippen LogP contribution in [0.5, 0.6) is 0 Å². The Balaban J connectivity index is 2.42. The molecule has 1 aromatic carbocycles. The maximum Gasteiger partial charge on any atom is 0.418 e. The average molecular weight is 307 g/mol. The van der Waals surface area contributed by atoms with E-state index in [0.29, 0.717) is 4.57 Å². The molecular weight excluding hydrogens is 299 g/mol. The van der Waals surface area contributed by atoms with Crippen molar-refractivity contribution < 1.29 is 13.2 Å². The van der Waals surface area contributed by atoms with Crippen LogP contribution in [-0.2, 0) is 6.18 Å². The molecule has 0 atom stereocenters. The minimum absolute atomic E-state index is 0.0352. The van der Waals surface area contributed by atoms with Crippen molar-refractivity contribution in [2.24, 2.45) is 0 Å². The van der Waals surface area contributed by atoms with E-state index in [1.807, 2.05) is 0 Å². The summed E-state index contributed by atoms with van der Waals surface area (Å²) in [7, 11) is 0. The molecule has 0 spiro atoms.